The van der Waals surface area contributed by atoms with E-state index in [2.05, 4.69) is 0 Å². The van der Waals surface area contributed by atoms with Crippen LogP contribution >= 0.6 is 0 Å². The fourth-order valence-electron chi connectivity index (χ4n) is 1.06. The predicted molar refractivity (Wildman–Crippen MR) is 47.9 cm³/mol. The SMILES string of the molecule is C[C@@H](Cc1ccccc1)C(=O)[OH2+]. The normalized spacial score (nSPS) is 12.4. The average molecular weight is 165 g/mol. The fraction of sp³-hybridized carbons (Fsp3) is 0.300. The molecule has 0 unspecified atom stereocenters. The van der Waals surface area contributed by atoms with E-state index >= 15 is 0 Å². The van der Waals surface area contributed by atoms with E-state index in [1.165, 1.54) is 0 Å². The minimum atomic E-state index is -0.487. The largest absolute Gasteiger partial charge is 0.565 e. The van der Waals surface area contributed by atoms with Crippen LogP contribution in [0.1, 0.15) is 12.5 Å². The van der Waals surface area contributed by atoms with Crippen LogP contribution in [0.4, 0.5) is 0 Å². The number of benzene rings is 1. The van der Waals surface area contributed by atoms with Crippen LogP contribution in [-0.2, 0) is 11.2 Å². The van der Waals surface area contributed by atoms with Crippen LogP contribution in [0, 0.1) is 5.92 Å². The van der Waals surface area contributed by atoms with E-state index in [4.69, 9.17) is 5.11 Å². The number of hydrogen-bond acceptors (Lipinski definition) is 1. The van der Waals surface area contributed by atoms with Crippen molar-refractivity contribution in [3.8, 4) is 0 Å². The molecule has 0 fully saturated rings. The zero-order valence-electron chi connectivity index (χ0n) is 7.08. The highest BCUT2D eigenvalue weighted by molar-refractivity contribution is 5.69. The minimum absolute atomic E-state index is 0.188. The summed E-state index contributed by atoms with van der Waals surface area (Å²) < 4.78 is 0. The van der Waals surface area contributed by atoms with Crippen LogP contribution in [0.3, 0.4) is 0 Å². The molecule has 2 heteroatoms. The van der Waals surface area contributed by atoms with Gasteiger partial charge in [-0.1, -0.05) is 30.3 Å². The Balaban J connectivity index is 2.58. The zero-order valence-corrected chi connectivity index (χ0v) is 7.08. The average Bonchev–Trinajstić information content (AvgIpc) is 2.06. The fourth-order valence-corrected chi connectivity index (χ4v) is 1.06. The molecule has 0 aliphatic carbocycles. The van der Waals surface area contributed by atoms with Crippen molar-refractivity contribution in [2.24, 2.45) is 5.92 Å². The Kier molecular flexibility index (Phi) is 2.86. The van der Waals surface area contributed by atoms with Crippen molar-refractivity contribution >= 4 is 5.97 Å². The summed E-state index contributed by atoms with van der Waals surface area (Å²) in [6, 6.07) is 9.77. The van der Waals surface area contributed by atoms with Gasteiger partial charge in [-0.15, -0.1) is 0 Å². The quantitative estimate of drug-likeness (QED) is 0.618. The Hall–Kier alpha value is -1.31. The van der Waals surface area contributed by atoms with Crippen LogP contribution < -0.4 is 0 Å². The Morgan fingerprint density at radius 2 is 2.00 bits per heavy atom. The van der Waals surface area contributed by atoms with Gasteiger partial charge in [0, 0.05) is 4.79 Å². The second-order valence-corrected chi connectivity index (χ2v) is 2.96. The molecule has 1 aromatic rings. The van der Waals surface area contributed by atoms with Gasteiger partial charge in [0.05, 0.1) is 0 Å². The molecule has 0 amide bonds. The van der Waals surface area contributed by atoms with Crippen LogP contribution in [-0.4, -0.2) is 11.1 Å². The van der Waals surface area contributed by atoms with E-state index < -0.39 is 5.97 Å². The highest BCUT2D eigenvalue weighted by Gasteiger charge is 2.18. The maximum absolute atomic E-state index is 10.6. The van der Waals surface area contributed by atoms with E-state index in [9.17, 15) is 4.79 Å². The third-order valence-electron chi connectivity index (χ3n) is 1.83. The molecule has 0 heterocycles. The molecule has 0 radical (unpaired) electrons. The molecule has 0 saturated carbocycles. The van der Waals surface area contributed by atoms with E-state index in [1.54, 1.807) is 6.92 Å². The van der Waals surface area contributed by atoms with E-state index in [-0.39, 0.29) is 5.92 Å². The Labute approximate surface area is 71.8 Å². The van der Waals surface area contributed by atoms with Crippen molar-refractivity contribution in [2.45, 2.75) is 13.3 Å². The zero-order chi connectivity index (χ0) is 8.97. The van der Waals surface area contributed by atoms with Crippen molar-refractivity contribution in [3.05, 3.63) is 35.9 Å². The lowest BCUT2D eigenvalue weighted by molar-refractivity contribution is -0.141. The second-order valence-electron chi connectivity index (χ2n) is 2.96. The molecule has 1 rings (SSSR count). The summed E-state index contributed by atoms with van der Waals surface area (Å²) in [5.41, 5.74) is 1.12. The van der Waals surface area contributed by atoms with Gasteiger partial charge in [-0.3, -0.25) is 0 Å². The van der Waals surface area contributed by atoms with Gasteiger partial charge in [0.25, 0.3) is 0 Å². The molecule has 0 aromatic heterocycles. The summed E-state index contributed by atoms with van der Waals surface area (Å²) in [5, 5.41) is 6.89. The minimum Gasteiger partial charge on any atom is -0.565 e. The lowest BCUT2D eigenvalue weighted by Gasteiger charge is -2.01. The van der Waals surface area contributed by atoms with E-state index in [1.807, 2.05) is 30.3 Å². The van der Waals surface area contributed by atoms with Gasteiger partial charge in [0.15, 0.2) is 0 Å². The highest BCUT2D eigenvalue weighted by atomic mass is 16.4. The number of hydrogen-bond donors (Lipinski definition) is 0. The second kappa shape index (κ2) is 3.90. The van der Waals surface area contributed by atoms with Crippen molar-refractivity contribution < 1.29 is 9.90 Å². The third kappa shape index (κ3) is 2.38. The van der Waals surface area contributed by atoms with Crippen LogP contribution in [0.15, 0.2) is 30.3 Å². The van der Waals surface area contributed by atoms with Crippen molar-refractivity contribution in [1.29, 1.82) is 0 Å². The van der Waals surface area contributed by atoms with Crippen LogP contribution in [0.5, 0.6) is 0 Å². The predicted octanol–water partition coefficient (Wildman–Crippen LogP) is 1.12. The summed E-state index contributed by atoms with van der Waals surface area (Å²) in [5.74, 6) is -0.675. The van der Waals surface area contributed by atoms with Gasteiger partial charge in [0.1, 0.15) is 5.92 Å². The maximum Gasteiger partial charge on any atom is 0.519 e. The smallest absolute Gasteiger partial charge is 0.519 e. The van der Waals surface area contributed by atoms with Gasteiger partial charge >= 0.3 is 5.97 Å². The summed E-state index contributed by atoms with van der Waals surface area (Å²) in [7, 11) is 0. The first-order valence-corrected chi connectivity index (χ1v) is 3.99. The molecule has 1 atom stereocenters. The molecular formula is C10H13O2+. The highest BCUT2D eigenvalue weighted by Crippen LogP contribution is 2.07. The monoisotopic (exact) mass is 165 g/mol. The van der Waals surface area contributed by atoms with Crippen molar-refractivity contribution in [3.63, 3.8) is 0 Å². The van der Waals surface area contributed by atoms with Gasteiger partial charge < -0.3 is 5.11 Å². The van der Waals surface area contributed by atoms with Gasteiger partial charge in [-0.05, 0) is 18.9 Å². The lowest BCUT2D eigenvalue weighted by Crippen LogP contribution is -2.11. The molecular weight excluding hydrogens is 152 g/mol. The summed E-state index contributed by atoms with van der Waals surface area (Å²) in [6.07, 6.45) is 0.670. The molecule has 64 valence electrons. The van der Waals surface area contributed by atoms with E-state index in [0.29, 0.717) is 6.42 Å². The third-order valence-corrected chi connectivity index (χ3v) is 1.83. The molecule has 2 nitrogen and oxygen atoms in total. The molecule has 0 saturated heterocycles. The Morgan fingerprint density at radius 1 is 1.42 bits per heavy atom. The number of rotatable bonds is 3. The first-order valence-electron chi connectivity index (χ1n) is 3.99. The molecule has 0 bridgehead atoms. The molecule has 2 N–H and O–H groups in total. The Bertz CT molecular complexity index is 254. The molecule has 0 aliphatic rings. The van der Waals surface area contributed by atoms with Gasteiger partial charge in [-0.25, -0.2) is 0 Å². The van der Waals surface area contributed by atoms with Crippen LogP contribution in [0.25, 0.3) is 0 Å². The van der Waals surface area contributed by atoms with Crippen molar-refractivity contribution in [1.82, 2.24) is 0 Å². The van der Waals surface area contributed by atoms with Crippen molar-refractivity contribution in [2.75, 3.05) is 0 Å². The van der Waals surface area contributed by atoms with Crippen LogP contribution in [0.2, 0.25) is 0 Å². The number of carbonyl (C=O) groups is 1. The molecule has 1 aromatic carbocycles. The molecule has 12 heavy (non-hydrogen) atoms. The lowest BCUT2D eigenvalue weighted by atomic mass is 10.0. The summed E-state index contributed by atoms with van der Waals surface area (Å²) >= 11 is 0. The van der Waals surface area contributed by atoms with Gasteiger partial charge in [0.2, 0.25) is 0 Å². The molecule has 0 spiro atoms. The number of carbonyl (C=O) groups excluding carboxylic acids is 1. The van der Waals surface area contributed by atoms with E-state index in [0.717, 1.165) is 5.56 Å². The first-order chi connectivity index (χ1) is 5.70. The topological polar surface area (TPSA) is 40.0 Å². The Morgan fingerprint density at radius 3 is 2.50 bits per heavy atom. The van der Waals surface area contributed by atoms with Gasteiger partial charge in [-0.2, -0.15) is 0 Å². The maximum atomic E-state index is 10.6. The first kappa shape index (κ1) is 8.78. The summed E-state index contributed by atoms with van der Waals surface area (Å²) in [6.45, 7) is 1.78. The standard InChI is InChI=1S/C10H12O2/c1-8(10(11)12)7-9-5-3-2-4-6-9/h2-6,8H,7H2,1H3,(H,11,12)/p+1/t8-/m0/s1. The molecule has 0 aliphatic heterocycles. The summed E-state index contributed by atoms with van der Waals surface area (Å²) in [4.78, 5) is 10.6.